The van der Waals surface area contributed by atoms with Crippen molar-refractivity contribution < 1.29 is 28.9 Å². The molecule has 10 heteroatoms. The first-order chi connectivity index (χ1) is 19.9. The molecule has 2 aromatic carbocycles. The van der Waals surface area contributed by atoms with Crippen LogP contribution in [0.1, 0.15) is 56.7 Å². The van der Waals surface area contributed by atoms with Gasteiger partial charge in [-0.15, -0.1) is 11.3 Å². The van der Waals surface area contributed by atoms with Crippen molar-refractivity contribution in [1.82, 2.24) is 9.78 Å². The highest BCUT2D eigenvalue weighted by Crippen LogP contribution is 2.52. The Morgan fingerprint density at radius 1 is 1.05 bits per heavy atom. The Kier molecular flexibility index (Phi) is 6.78. The lowest BCUT2D eigenvalue weighted by atomic mass is 9.73. The predicted octanol–water partition coefficient (Wildman–Crippen LogP) is 5.92. The van der Waals surface area contributed by atoms with Gasteiger partial charge in [-0.1, -0.05) is 18.2 Å². The Bertz CT molecular complexity index is 1680. The van der Waals surface area contributed by atoms with Crippen LogP contribution >= 0.6 is 11.3 Å². The van der Waals surface area contributed by atoms with Crippen molar-refractivity contribution in [2.75, 3.05) is 26.6 Å². The number of ketones is 1. The number of ether oxygens (including phenoxy) is 3. The quantitative estimate of drug-likeness (QED) is 0.281. The molecule has 1 aliphatic heterocycles. The average Bonchev–Trinajstić information content (AvgIpc) is 3.63. The number of carboxylic acid groups (broad SMARTS) is 1. The molecule has 0 bridgehead atoms. The standard InChI is InChI=1S/C31H29N3O6S/c1-16-26-27(18-14-23(38-2)29(40-4)24(15-18)39-3)28-20(12-17(13-22(28)35)25-10-7-11-41-25)32-30(26)34(33-16)21-9-6-5-8-19(21)31(36)37/h5-11,14-15,17,27,32H,12-13H2,1-4H3,(H,36,37)/t17-,27+/m0/s1. The molecule has 1 aliphatic carbocycles. The van der Waals surface area contributed by atoms with Crippen LogP contribution in [0.4, 0.5) is 5.82 Å². The number of methoxy groups -OCH3 is 3. The minimum absolute atomic E-state index is 0.0414. The number of allylic oxidation sites excluding steroid dienone is 2. The average molecular weight is 572 g/mol. The lowest BCUT2D eigenvalue weighted by molar-refractivity contribution is -0.116. The number of nitrogens with one attached hydrogen (secondary N) is 1. The molecule has 41 heavy (non-hydrogen) atoms. The summed E-state index contributed by atoms with van der Waals surface area (Å²) in [5.41, 5.74) is 4.29. The van der Waals surface area contributed by atoms with E-state index in [2.05, 4.69) is 11.4 Å². The third-order valence-corrected chi connectivity index (χ3v) is 8.82. The van der Waals surface area contributed by atoms with Gasteiger partial charge in [0.1, 0.15) is 5.82 Å². The largest absolute Gasteiger partial charge is 0.493 e. The number of aromatic nitrogens is 2. The molecule has 2 aliphatic rings. The molecular formula is C31H29N3O6S. The highest BCUT2D eigenvalue weighted by Gasteiger charge is 2.42. The maximum atomic E-state index is 14.0. The number of carbonyl (C=O) groups excluding carboxylic acids is 1. The number of hydrogen-bond acceptors (Lipinski definition) is 8. The summed E-state index contributed by atoms with van der Waals surface area (Å²) in [6.45, 7) is 1.87. The van der Waals surface area contributed by atoms with E-state index < -0.39 is 11.9 Å². The van der Waals surface area contributed by atoms with Crippen LogP contribution in [0.2, 0.25) is 0 Å². The van der Waals surface area contributed by atoms with Crippen LogP contribution in [-0.2, 0) is 4.79 Å². The fourth-order valence-corrected chi connectivity index (χ4v) is 6.85. The topological polar surface area (TPSA) is 112 Å². The number of aromatic carboxylic acids is 1. The van der Waals surface area contributed by atoms with E-state index in [-0.39, 0.29) is 17.3 Å². The third kappa shape index (κ3) is 4.35. The molecule has 0 unspecified atom stereocenters. The Morgan fingerprint density at radius 3 is 2.41 bits per heavy atom. The summed E-state index contributed by atoms with van der Waals surface area (Å²) in [7, 11) is 4.67. The van der Waals surface area contributed by atoms with E-state index >= 15 is 0 Å². The van der Waals surface area contributed by atoms with E-state index in [9.17, 15) is 14.7 Å². The van der Waals surface area contributed by atoms with Crippen molar-refractivity contribution in [2.24, 2.45) is 0 Å². The third-order valence-electron chi connectivity index (χ3n) is 7.79. The van der Waals surface area contributed by atoms with Gasteiger partial charge in [0.2, 0.25) is 5.75 Å². The molecule has 3 heterocycles. The van der Waals surface area contributed by atoms with Gasteiger partial charge in [-0.25, -0.2) is 9.48 Å². The Hall–Kier alpha value is -4.57. The molecule has 6 rings (SSSR count). The van der Waals surface area contributed by atoms with Crippen LogP contribution in [-0.4, -0.2) is 48.0 Å². The van der Waals surface area contributed by atoms with Crippen LogP contribution in [0.3, 0.4) is 0 Å². The fraction of sp³-hybridized carbons (Fsp3) is 0.258. The first kappa shape index (κ1) is 26.6. The Morgan fingerprint density at radius 2 is 1.78 bits per heavy atom. The van der Waals surface area contributed by atoms with E-state index in [0.717, 1.165) is 21.7 Å². The number of benzene rings is 2. The maximum Gasteiger partial charge on any atom is 0.337 e. The molecule has 0 amide bonds. The number of carbonyl (C=O) groups is 2. The van der Waals surface area contributed by atoms with E-state index in [1.807, 2.05) is 30.5 Å². The summed E-state index contributed by atoms with van der Waals surface area (Å²) < 4.78 is 18.5. The number of para-hydroxylation sites is 1. The van der Waals surface area contributed by atoms with E-state index in [1.54, 1.807) is 61.6 Å². The van der Waals surface area contributed by atoms with Crippen molar-refractivity contribution in [3.63, 3.8) is 0 Å². The fourth-order valence-electron chi connectivity index (χ4n) is 6.02. The molecular weight excluding hydrogens is 542 g/mol. The number of thiophene rings is 1. The van der Waals surface area contributed by atoms with Crippen LogP contribution in [0.15, 0.2) is 65.2 Å². The first-order valence-electron chi connectivity index (χ1n) is 13.1. The number of fused-ring (bicyclic) bond motifs is 1. The van der Waals surface area contributed by atoms with Gasteiger partial charge in [0.05, 0.1) is 38.3 Å². The highest BCUT2D eigenvalue weighted by atomic mass is 32.1. The summed E-state index contributed by atoms with van der Waals surface area (Å²) in [4.78, 5) is 27.3. The second kappa shape index (κ2) is 10.4. The predicted molar refractivity (Wildman–Crippen MR) is 155 cm³/mol. The van der Waals surface area contributed by atoms with Gasteiger partial charge < -0.3 is 24.6 Å². The molecule has 2 N–H and O–H groups in total. The molecule has 4 aromatic rings. The smallest absolute Gasteiger partial charge is 0.337 e. The second-order valence-corrected chi connectivity index (χ2v) is 11.0. The maximum absolute atomic E-state index is 14.0. The van der Waals surface area contributed by atoms with Crippen molar-refractivity contribution in [2.45, 2.75) is 31.6 Å². The van der Waals surface area contributed by atoms with Crippen molar-refractivity contribution >= 4 is 28.9 Å². The summed E-state index contributed by atoms with van der Waals surface area (Å²) in [5, 5.41) is 20.3. The lowest BCUT2D eigenvalue weighted by Gasteiger charge is -2.35. The molecule has 0 radical (unpaired) electrons. The summed E-state index contributed by atoms with van der Waals surface area (Å²) >= 11 is 1.64. The first-order valence-corrected chi connectivity index (χ1v) is 14.0. The zero-order valence-electron chi connectivity index (χ0n) is 23.1. The molecule has 0 spiro atoms. The normalized spacial score (nSPS) is 17.9. The van der Waals surface area contributed by atoms with Gasteiger partial charge in [0.25, 0.3) is 0 Å². The van der Waals surface area contributed by atoms with Crippen LogP contribution in [0, 0.1) is 6.92 Å². The molecule has 0 fully saturated rings. The van der Waals surface area contributed by atoms with Gasteiger partial charge in [0.15, 0.2) is 17.3 Å². The number of Topliss-reactive ketones (excluding diaryl/α,β-unsaturated/α-hetero) is 1. The second-order valence-electron chi connectivity index (χ2n) is 10.0. The van der Waals surface area contributed by atoms with Crippen LogP contribution < -0.4 is 19.5 Å². The molecule has 2 atom stereocenters. The van der Waals surface area contributed by atoms with Crippen LogP contribution in [0.5, 0.6) is 17.2 Å². The summed E-state index contributed by atoms with van der Waals surface area (Å²) in [5.74, 6) is 0.600. The summed E-state index contributed by atoms with van der Waals surface area (Å²) in [6.07, 6.45) is 1.03. The SMILES string of the molecule is COc1cc([C@H]2C3=C(C[C@H](c4cccs4)CC3=O)Nc3c2c(C)nn3-c2ccccc2C(=O)O)cc(OC)c1OC. The molecule has 0 saturated heterocycles. The van der Waals surface area contributed by atoms with E-state index in [1.165, 1.54) is 0 Å². The van der Waals surface area contributed by atoms with Crippen molar-refractivity contribution in [3.8, 4) is 22.9 Å². The summed E-state index contributed by atoms with van der Waals surface area (Å²) in [6, 6.07) is 14.6. The van der Waals surface area contributed by atoms with Gasteiger partial charge in [-0.2, -0.15) is 5.10 Å². The number of rotatable bonds is 7. The highest BCUT2D eigenvalue weighted by molar-refractivity contribution is 7.10. The van der Waals surface area contributed by atoms with Crippen molar-refractivity contribution in [3.05, 3.63) is 92.4 Å². The lowest BCUT2D eigenvalue weighted by Crippen LogP contribution is -2.30. The molecule has 210 valence electrons. The van der Waals surface area contributed by atoms with Gasteiger partial charge in [0, 0.05) is 40.0 Å². The Labute approximate surface area is 241 Å². The van der Waals surface area contributed by atoms with E-state index in [4.69, 9.17) is 19.3 Å². The van der Waals surface area contributed by atoms with E-state index in [0.29, 0.717) is 52.9 Å². The molecule has 2 aromatic heterocycles. The molecule has 0 saturated carbocycles. The zero-order chi connectivity index (χ0) is 28.8. The van der Waals surface area contributed by atoms with Gasteiger partial charge >= 0.3 is 5.97 Å². The van der Waals surface area contributed by atoms with Gasteiger partial charge in [-0.3, -0.25) is 4.79 Å². The zero-order valence-corrected chi connectivity index (χ0v) is 23.9. The number of hydrogen-bond donors (Lipinski definition) is 2. The number of aryl methyl sites for hydroxylation is 1. The minimum atomic E-state index is -1.05. The van der Waals surface area contributed by atoms with Crippen LogP contribution in [0.25, 0.3) is 5.69 Å². The monoisotopic (exact) mass is 571 g/mol. The Balaban J connectivity index is 1.60. The number of anilines is 1. The van der Waals surface area contributed by atoms with Gasteiger partial charge in [-0.05, 0) is 54.6 Å². The number of nitrogens with zero attached hydrogens (tertiary/aromatic N) is 2. The minimum Gasteiger partial charge on any atom is -0.493 e. The van der Waals surface area contributed by atoms with Crippen molar-refractivity contribution in [1.29, 1.82) is 0 Å². The number of carboxylic acids is 1. The molecule has 9 nitrogen and oxygen atoms in total.